The second kappa shape index (κ2) is 4.78. The molecule has 1 rings (SSSR count). The predicted molar refractivity (Wildman–Crippen MR) is 63.4 cm³/mol. The predicted octanol–water partition coefficient (Wildman–Crippen LogP) is 2.78. The SMILES string of the molecule is CC(C)(C)NC(=S)O[C@@H]1C=CCCC1. The summed E-state index contributed by atoms with van der Waals surface area (Å²) in [5.74, 6) is 0. The second-order valence-corrected chi connectivity index (χ2v) is 5.05. The van der Waals surface area contributed by atoms with Gasteiger partial charge in [-0.25, -0.2) is 0 Å². The summed E-state index contributed by atoms with van der Waals surface area (Å²) < 4.78 is 5.60. The summed E-state index contributed by atoms with van der Waals surface area (Å²) in [6.07, 6.45) is 7.86. The number of hydrogen-bond acceptors (Lipinski definition) is 2. The van der Waals surface area contributed by atoms with Gasteiger partial charge >= 0.3 is 0 Å². The van der Waals surface area contributed by atoms with Gasteiger partial charge in [-0.15, -0.1) is 0 Å². The molecule has 0 unspecified atom stereocenters. The average molecular weight is 213 g/mol. The maximum Gasteiger partial charge on any atom is 0.257 e. The van der Waals surface area contributed by atoms with E-state index in [0.29, 0.717) is 5.17 Å². The Labute approximate surface area is 91.7 Å². The topological polar surface area (TPSA) is 21.3 Å². The Morgan fingerprint density at radius 3 is 2.71 bits per heavy atom. The van der Waals surface area contributed by atoms with Crippen LogP contribution in [0.25, 0.3) is 0 Å². The molecule has 0 aromatic carbocycles. The maximum atomic E-state index is 5.60. The molecule has 1 aliphatic carbocycles. The van der Waals surface area contributed by atoms with Crippen LogP contribution in [0.4, 0.5) is 0 Å². The number of allylic oxidation sites excluding steroid dienone is 1. The largest absolute Gasteiger partial charge is 0.464 e. The van der Waals surface area contributed by atoms with Gasteiger partial charge in [0.25, 0.3) is 5.17 Å². The third-order valence-electron chi connectivity index (χ3n) is 1.95. The van der Waals surface area contributed by atoms with E-state index >= 15 is 0 Å². The Bertz CT molecular complexity index is 230. The summed E-state index contributed by atoms with van der Waals surface area (Å²) in [5, 5.41) is 3.65. The van der Waals surface area contributed by atoms with Crippen molar-refractivity contribution in [3.63, 3.8) is 0 Å². The van der Waals surface area contributed by atoms with E-state index in [-0.39, 0.29) is 11.6 Å². The molecule has 0 spiro atoms. The summed E-state index contributed by atoms with van der Waals surface area (Å²) in [4.78, 5) is 0. The summed E-state index contributed by atoms with van der Waals surface area (Å²) >= 11 is 5.12. The van der Waals surface area contributed by atoms with E-state index < -0.39 is 0 Å². The fourth-order valence-electron chi connectivity index (χ4n) is 1.35. The molecule has 0 aliphatic heterocycles. The highest BCUT2D eigenvalue weighted by atomic mass is 32.1. The van der Waals surface area contributed by atoms with Gasteiger partial charge in [-0.05, 0) is 58.3 Å². The zero-order valence-electron chi connectivity index (χ0n) is 9.17. The van der Waals surface area contributed by atoms with Crippen LogP contribution in [0.5, 0.6) is 0 Å². The Hall–Kier alpha value is -0.570. The molecule has 0 radical (unpaired) electrons. The summed E-state index contributed by atoms with van der Waals surface area (Å²) in [7, 11) is 0. The van der Waals surface area contributed by atoms with Gasteiger partial charge in [0.15, 0.2) is 0 Å². The van der Waals surface area contributed by atoms with Gasteiger partial charge in [0.1, 0.15) is 6.10 Å². The van der Waals surface area contributed by atoms with Gasteiger partial charge in [0.2, 0.25) is 0 Å². The first kappa shape index (κ1) is 11.5. The third kappa shape index (κ3) is 4.61. The van der Waals surface area contributed by atoms with Crippen LogP contribution < -0.4 is 5.32 Å². The zero-order chi connectivity index (χ0) is 10.6. The normalized spacial score (nSPS) is 21.8. The van der Waals surface area contributed by atoms with Crippen molar-refractivity contribution in [3.05, 3.63) is 12.2 Å². The molecule has 1 N–H and O–H groups in total. The van der Waals surface area contributed by atoms with E-state index in [1.54, 1.807) is 0 Å². The van der Waals surface area contributed by atoms with Crippen molar-refractivity contribution >= 4 is 17.4 Å². The van der Waals surface area contributed by atoms with Gasteiger partial charge in [-0.1, -0.05) is 6.08 Å². The average Bonchev–Trinajstić information content (AvgIpc) is 2.02. The molecule has 0 fully saturated rings. The van der Waals surface area contributed by atoms with Crippen LogP contribution in [-0.4, -0.2) is 16.8 Å². The first-order valence-corrected chi connectivity index (χ1v) is 5.54. The van der Waals surface area contributed by atoms with Crippen molar-refractivity contribution in [1.29, 1.82) is 0 Å². The zero-order valence-corrected chi connectivity index (χ0v) is 9.99. The fraction of sp³-hybridized carbons (Fsp3) is 0.727. The van der Waals surface area contributed by atoms with Crippen molar-refractivity contribution in [2.75, 3.05) is 0 Å². The number of hydrogen-bond donors (Lipinski definition) is 1. The highest BCUT2D eigenvalue weighted by molar-refractivity contribution is 7.80. The highest BCUT2D eigenvalue weighted by Crippen LogP contribution is 2.14. The van der Waals surface area contributed by atoms with Crippen LogP contribution in [0.1, 0.15) is 40.0 Å². The molecule has 0 aromatic rings. The lowest BCUT2D eigenvalue weighted by molar-refractivity contribution is 0.206. The molecule has 0 saturated carbocycles. The van der Waals surface area contributed by atoms with Crippen molar-refractivity contribution in [1.82, 2.24) is 5.32 Å². The Kier molecular flexibility index (Phi) is 3.93. The van der Waals surface area contributed by atoms with E-state index in [2.05, 4.69) is 38.2 Å². The van der Waals surface area contributed by atoms with E-state index in [1.165, 1.54) is 12.8 Å². The fourth-order valence-corrected chi connectivity index (χ4v) is 1.78. The Morgan fingerprint density at radius 1 is 1.50 bits per heavy atom. The second-order valence-electron chi connectivity index (χ2n) is 4.68. The van der Waals surface area contributed by atoms with Crippen molar-refractivity contribution in [2.45, 2.75) is 51.7 Å². The summed E-state index contributed by atoms with van der Waals surface area (Å²) in [5.41, 5.74) is -0.0184. The van der Waals surface area contributed by atoms with Gasteiger partial charge in [0, 0.05) is 5.54 Å². The molecule has 0 heterocycles. The number of thiocarbonyl (C=S) groups is 1. The van der Waals surface area contributed by atoms with Crippen molar-refractivity contribution in [2.24, 2.45) is 0 Å². The van der Waals surface area contributed by atoms with Gasteiger partial charge in [-0.3, -0.25) is 0 Å². The molecule has 2 nitrogen and oxygen atoms in total. The monoisotopic (exact) mass is 213 g/mol. The van der Waals surface area contributed by atoms with E-state index in [0.717, 1.165) is 6.42 Å². The molecular weight excluding hydrogens is 194 g/mol. The quantitative estimate of drug-likeness (QED) is 0.534. The minimum Gasteiger partial charge on any atom is -0.464 e. The first-order chi connectivity index (χ1) is 6.47. The standard InChI is InChI=1S/C11H19NOS/c1-11(2,3)12-10(14)13-9-7-5-4-6-8-9/h5,7,9H,4,6,8H2,1-3H3,(H,12,14)/t9-/m1/s1. The molecule has 0 amide bonds. The van der Waals surface area contributed by atoms with Crippen LogP contribution >= 0.6 is 12.2 Å². The molecule has 1 aliphatic rings. The van der Waals surface area contributed by atoms with E-state index in [1.807, 2.05) is 0 Å². The first-order valence-electron chi connectivity index (χ1n) is 5.13. The molecule has 3 heteroatoms. The lowest BCUT2D eigenvalue weighted by Crippen LogP contribution is -2.42. The van der Waals surface area contributed by atoms with Crippen molar-refractivity contribution in [3.8, 4) is 0 Å². The van der Waals surface area contributed by atoms with Gasteiger partial charge < -0.3 is 10.1 Å². The third-order valence-corrected chi connectivity index (χ3v) is 2.14. The van der Waals surface area contributed by atoms with Crippen LogP contribution in [0.3, 0.4) is 0 Å². The van der Waals surface area contributed by atoms with Gasteiger partial charge in [-0.2, -0.15) is 0 Å². The molecule has 1 atom stereocenters. The lowest BCUT2D eigenvalue weighted by atomic mass is 10.1. The maximum absolute atomic E-state index is 5.60. The molecule has 0 aromatic heterocycles. The Balaban J connectivity index is 2.33. The highest BCUT2D eigenvalue weighted by Gasteiger charge is 2.15. The van der Waals surface area contributed by atoms with Crippen molar-refractivity contribution < 1.29 is 4.74 Å². The van der Waals surface area contributed by atoms with Crippen LogP contribution in [0.15, 0.2) is 12.2 Å². The number of rotatable bonds is 1. The number of nitrogens with one attached hydrogen (secondary N) is 1. The van der Waals surface area contributed by atoms with Crippen LogP contribution in [0, 0.1) is 0 Å². The van der Waals surface area contributed by atoms with E-state index in [9.17, 15) is 0 Å². The van der Waals surface area contributed by atoms with Crippen LogP contribution in [0.2, 0.25) is 0 Å². The minimum atomic E-state index is -0.0184. The molecule has 14 heavy (non-hydrogen) atoms. The summed E-state index contributed by atoms with van der Waals surface area (Å²) in [6.45, 7) is 6.21. The molecule has 0 saturated heterocycles. The Morgan fingerprint density at radius 2 is 2.21 bits per heavy atom. The lowest BCUT2D eigenvalue weighted by Gasteiger charge is -2.25. The van der Waals surface area contributed by atoms with Crippen LogP contribution in [-0.2, 0) is 4.74 Å². The smallest absolute Gasteiger partial charge is 0.257 e. The molecular formula is C11H19NOS. The van der Waals surface area contributed by atoms with E-state index in [4.69, 9.17) is 17.0 Å². The molecule has 80 valence electrons. The number of ether oxygens (including phenoxy) is 1. The molecule has 0 bridgehead atoms. The minimum absolute atomic E-state index is 0.0184. The summed E-state index contributed by atoms with van der Waals surface area (Å²) in [6, 6.07) is 0. The van der Waals surface area contributed by atoms with Gasteiger partial charge in [0.05, 0.1) is 0 Å².